The standard InChI is InChI=1S/C12H10FN5O/c13-7-2-1-3-8-9(7)15-12(18(8)6-4-5-6)10-11(14)17-19-16-10/h1-3,6H,4-5H2,(H2,14,17). The second kappa shape index (κ2) is 3.53. The molecule has 1 aliphatic carbocycles. The largest absolute Gasteiger partial charge is 0.379 e. The lowest BCUT2D eigenvalue weighted by Crippen LogP contribution is -1.99. The molecule has 0 aliphatic heterocycles. The number of hydrogen-bond acceptors (Lipinski definition) is 5. The average Bonchev–Trinajstić information content (AvgIpc) is 3.02. The third-order valence-corrected chi connectivity index (χ3v) is 3.31. The number of nitrogens with two attached hydrogens (primary N) is 1. The normalized spacial score (nSPS) is 15.2. The van der Waals surface area contributed by atoms with Gasteiger partial charge >= 0.3 is 0 Å². The fourth-order valence-corrected chi connectivity index (χ4v) is 2.30. The van der Waals surface area contributed by atoms with E-state index in [4.69, 9.17) is 5.73 Å². The highest BCUT2D eigenvalue weighted by molar-refractivity contribution is 5.82. The molecule has 1 fully saturated rings. The van der Waals surface area contributed by atoms with Crippen LogP contribution in [0.4, 0.5) is 10.2 Å². The van der Waals surface area contributed by atoms with Gasteiger partial charge in [0.25, 0.3) is 0 Å². The smallest absolute Gasteiger partial charge is 0.199 e. The van der Waals surface area contributed by atoms with Gasteiger partial charge in [-0.1, -0.05) is 6.07 Å². The average molecular weight is 259 g/mol. The molecule has 3 aromatic rings. The summed E-state index contributed by atoms with van der Waals surface area (Å²) in [6.07, 6.45) is 2.08. The summed E-state index contributed by atoms with van der Waals surface area (Å²) in [5, 5.41) is 7.32. The van der Waals surface area contributed by atoms with Crippen LogP contribution in [0.3, 0.4) is 0 Å². The number of halogens is 1. The number of hydrogen-bond donors (Lipinski definition) is 1. The summed E-state index contributed by atoms with van der Waals surface area (Å²) >= 11 is 0. The van der Waals surface area contributed by atoms with Gasteiger partial charge < -0.3 is 10.3 Å². The number of rotatable bonds is 2. The number of nitrogens with zero attached hydrogens (tertiary/aromatic N) is 4. The Morgan fingerprint density at radius 1 is 1.32 bits per heavy atom. The van der Waals surface area contributed by atoms with Gasteiger partial charge in [0.2, 0.25) is 0 Å². The Hall–Kier alpha value is -2.44. The fraction of sp³-hybridized carbons (Fsp3) is 0.250. The Kier molecular flexibility index (Phi) is 1.95. The molecule has 0 saturated heterocycles. The maximum absolute atomic E-state index is 13.8. The van der Waals surface area contributed by atoms with Crippen LogP contribution in [0.5, 0.6) is 0 Å². The minimum absolute atomic E-state index is 0.164. The van der Waals surface area contributed by atoms with Crippen molar-refractivity contribution in [1.82, 2.24) is 19.9 Å². The summed E-state index contributed by atoms with van der Waals surface area (Å²) in [5.74, 6) is 0.326. The SMILES string of the molecule is Nc1nonc1-c1nc2c(F)cccc2n1C1CC1. The van der Waals surface area contributed by atoms with Crippen molar-refractivity contribution in [3.8, 4) is 11.5 Å². The first kappa shape index (κ1) is 10.5. The number of aromatic nitrogens is 4. The molecule has 1 saturated carbocycles. The lowest BCUT2D eigenvalue weighted by molar-refractivity contribution is 0.310. The second-order valence-electron chi connectivity index (χ2n) is 4.64. The monoisotopic (exact) mass is 259 g/mol. The van der Waals surface area contributed by atoms with Crippen molar-refractivity contribution < 1.29 is 9.02 Å². The molecular weight excluding hydrogens is 249 g/mol. The van der Waals surface area contributed by atoms with E-state index in [9.17, 15) is 4.39 Å². The van der Waals surface area contributed by atoms with E-state index in [0.717, 1.165) is 18.4 Å². The molecule has 19 heavy (non-hydrogen) atoms. The molecule has 0 radical (unpaired) electrons. The van der Waals surface area contributed by atoms with Crippen molar-refractivity contribution in [2.75, 3.05) is 5.73 Å². The van der Waals surface area contributed by atoms with Gasteiger partial charge in [0.1, 0.15) is 5.52 Å². The van der Waals surface area contributed by atoms with Gasteiger partial charge in [-0.3, -0.25) is 0 Å². The number of fused-ring (bicyclic) bond motifs is 1. The van der Waals surface area contributed by atoms with Crippen molar-refractivity contribution in [3.63, 3.8) is 0 Å². The number of anilines is 1. The number of imidazole rings is 1. The minimum Gasteiger partial charge on any atom is -0.379 e. The molecule has 7 heteroatoms. The van der Waals surface area contributed by atoms with Gasteiger partial charge in [-0.2, -0.15) is 0 Å². The van der Waals surface area contributed by atoms with Crippen molar-refractivity contribution in [2.24, 2.45) is 0 Å². The van der Waals surface area contributed by atoms with E-state index in [1.165, 1.54) is 6.07 Å². The van der Waals surface area contributed by atoms with Crippen LogP contribution < -0.4 is 5.73 Å². The number of benzene rings is 1. The van der Waals surface area contributed by atoms with Crippen molar-refractivity contribution in [2.45, 2.75) is 18.9 Å². The molecule has 0 spiro atoms. The van der Waals surface area contributed by atoms with Crippen LogP contribution >= 0.6 is 0 Å². The highest BCUT2D eigenvalue weighted by Crippen LogP contribution is 2.41. The molecule has 1 aliphatic rings. The van der Waals surface area contributed by atoms with Crippen molar-refractivity contribution in [3.05, 3.63) is 24.0 Å². The van der Waals surface area contributed by atoms with E-state index in [0.29, 0.717) is 23.1 Å². The summed E-state index contributed by atoms with van der Waals surface area (Å²) in [6.45, 7) is 0. The van der Waals surface area contributed by atoms with Gasteiger partial charge in [-0.15, -0.1) is 0 Å². The second-order valence-corrected chi connectivity index (χ2v) is 4.64. The third kappa shape index (κ3) is 1.44. The van der Waals surface area contributed by atoms with E-state index in [1.54, 1.807) is 6.07 Å². The Morgan fingerprint density at radius 2 is 2.16 bits per heavy atom. The number of nitrogen functional groups attached to an aromatic ring is 1. The molecule has 6 nitrogen and oxygen atoms in total. The molecule has 2 N–H and O–H groups in total. The molecule has 0 bridgehead atoms. The van der Waals surface area contributed by atoms with Crippen LogP contribution in [0.2, 0.25) is 0 Å². The molecule has 0 amide bonds. The van der Waals surface area contributed by atoms with Crippen LogP contribution in [0.15, 0.2) is 22.8 Å². The van der Waals surface area contributed by atoms with Crippen LogP contribution in [-0.2, 0) is 0 Å². The Labute approximate surface area is 107 Å². The van der Waals surface area contributed by atoms with E-state index in [2.05, 4.69) is 19.9 Å². The van der Waals surface area contributed by atoms with Crippen LogP contribution in [0, 0.1) is 5.82 Å². The molecule has 96 valence electrons. The van der Waals surface area contributed by atoms with Crippen molar-refractivity contribution >= 4 is 16.9 Å². The lowest BCUT2D eigenvalue weighted by atomic mass is 10.3. The Morgan fingerprint density at radius 3 is 2.84 bits per heavy atom. The predicted molar refractivity (Wildman–Crippen MR) is 65.7 cm³/mol. The van der Waals surface area contributed by atoms with Crippen molar-refractivity contribution in [1.29, 1.82) is 0 Å². The topological polar surface area (TPSA) is 82.8 Å². The molecule has 2 aromatic heterocycles. The van der Waals surface area contributed by atoms with E-state index >= 15 is 0 Å². The quantitative estimate of drug-likeness (QED) is 0.762. The van der Waals surface area contributed by atoms with Crippen LogP contribution in [0.25, 0.3) is 22.6 Å². The first-order valence-electron chi connectivity index (χ1n) is 6.00. The summed E-state index contributed by atoms with van der Waals surface area (Å²) in [4.78, 5) is 4.32. The van der Waals surface area contributed by atoms with Gasteiger partial charge in [-0.05, 0) is 35.3 Å². The first-order chi connectivity index (χ1) is 9.25. The minimum atomic E-state index is -0.354. The van der Waals surface area contributed by atoms with Gasteiger partial charge in [0, 0.05) is 6.04 Å². The zero-order valence-electron chi connectivity index (χ0n) is 9.88. The molecular formula is C12H10FN5O. The molecule has 1 aromatic carbocycles. The van der Waals surface area contributed by atoms with Crippen LogP contribution in [-0.4, -0.2) is 19.9 Å². The van der Waals surface area contributed by atoms with E-state index in [1.807, 2.05) is 10.6 Å². The van der Waals surface area contributed by atoms with E-state index < -0.39 is 0 Å². The molecule has 0 atom stereocenters. The zero-order valence-corrected chi connectivity index (χ0v) is 9.88. The zero-order chi connectivity index (χ0) is 13.0. The summed E-state index contributed by atoms with van der Waals surface area (Å²) in [5.41, 5.74) is 7.15. The first-order valence-corrected chi connectivity index (χ1v) is 6.00. The molecule has 4 rings (SSSR count). The summed E-state index contributed by atoms with van der Waals surface area (Å²) < 4.78 is 20.4. The van der Waals surface area contributed by atoms with Gasteiger partial charge in [-0.25, -0.2) is 14.0 Å². The summed E-state index contributed by atoms with van der Waals surface area (Å²) in [7, 11) is 0. The van der Waals surface area contributed by atoms with Crippen LogP contribution in [0.1, 0.15) is 18.9 Å². The maximum atomic E-state index is 13.8. The maximum Gasteiger partial charge on any atom is 0.199 e. The lowest BCUT2D eigenvalue weighted by Gasteiger charge is -2.04. The fourth-order valence-electron chi connectivity index (χ4n) is 2.30. The van der Waals surface area contributed by atoms with Gasteiger partial charge in [0.05, 0.1) is 5.52 Å². The molecule has 2 heterocycles. The Bertz CT molecular complexity index is 774. The predicted octanol–water partition coefficient (Wildman–Crippen LogP) is 2.14. The van der Waals surface area contributed by atoms with Gasteiger partial charge in [0.15, 0.2) is 23.2 Å². The highest BCUT2D eigenvalue weighted by atomic mass is 19.1. The third-order valence-electron chi connectivity index (χ3n) is 3.31. The number of para-hydroxylation sites is 1. The summed E-state index contributed by atoms with van der Waals surface area (Å²) in [6, 6.07) is 5.22. The Balaban J connectivity index is 2.07. The molecule has 0 unspecified atom stereocenters. The highest BCUT2D eigenvalue weighted by Gasteiger charge is 2.31. The van der Waals surface area contributed by atoms with E-state index in [-0.39, 0.29) is 11.6 Å².